The van der Waals surface area contributed by atoms with Crippen molar-refractivity contribution in [2.75, 3.05) is 0 Å². The fourth-order valence-electron chi connectivity index (χ4n) is 4.77. The zero-order valence-electron chi connectivity index (χ0n) is 15.8. The van der Waals surface area contributed by atoms with Crippen molar-refractivity contribution in [3.05, 3.63) is 67.9 Å². The molecule has 3 heterocycles. The van der Waals surface area contributed by atoms with Crippen LogP contribution in [0.2, 0.25) is 13.1 Å². The molecule has 2 bridgehead atoms. The molecule has 0 amide bonds. The predicted molar refractivity (Wildman–Crippen MR) is 105 cm³/mol. The Morgan fingerprint density at radius 1 is 1.04 bits per heavy atom. The minimum Gasteiger partial charge on any atom is -1.00 e. The van der Waals surface area contributed by atoms with Gasteiger partial charge in [-0.3, -0.25) is 0 Å². The molecule has 26 heavy (non-hydrogen) atoms. The van der Waals surface area contributed by atoms with E-state index in [-0.39, 0.29) is 24.8 Å². The third-order valence-electron chi connectivity index (χ3n) is 5.75. The van der Waals surface area contributed by atoms with E-state index in [0.717, 1.165) is 9.17 Å². The molecule has 2 unspecified atom stereocenters. The van der Waals surface area contributed by atoms with Crippen LogP contribution in [-0.2, 0) is 24.7 Å². The molecule has 2 atom stereocenters. The molecular formula is C21H23Cl2SSiZr. The van der Waals surface area contributed by atoms with Crippen molar-refractivity contribution in [1.82, 2.24) is 0 Å². The van der Waals surface area contributed by atoms with E-state index in [1.54, 1.807) is 45.9 Å². The molecular weight excluding hydrogens is 475 g/mol. The van der Waals surface area contributed by atoms with Crippen molar-refractivity contribution in [1.29, 1.82) is 0 Å². The summed E-state index contributed by atoms with van der Waals surface area (Å²) in [5.41, 5.74) is 8.66. The van der Waals surface area contributed by atoms with Gasteiger partial charge in [0.15, 0.2) is 0 Å². The Hall–Kier alpha value is 0.0800. The van der Waals surface area contributed by atoms with E-state index in [2.05, 4.69) is 70.3 Å². The van der Waals surface area contributed by atoms with E-state index in [4.69, 9.17) is 0 Å². The Labute approximate surface area is 189 Å². The van der Waals surface area contributed by atoms with Crippen LogP contribution in [0.3, 0.4) is 0 Å². The Bertz CT molecular complexity index is 910. The second-order valence-electron chi connectivity index (χ2n) is 7.80. The van der Waals surface area contributed by atoms with Crippen molar-refractivity contribution in [3.63, 3.8) is 0 Å². The first-order chi connectivity index (χ1) is 11.3. The Balaban J connectivity index is 0.000000176. The molecule has 0 saturated carbocycles. The van der Waals surface area contributed by atoms with Gasteiger partial charge in [-0.15, -0.1) is 11.3 Å². The predicted octanol–water partition coefficient (Wildman–Crippen LogP) is 0.427. The van der Waals surface area contributed by atoms with E-state index >= 15 is 0 Å². The van der Waals surface area contributed by atoms with Crippen LogP contribution >= 0.6 is 11.3 Å². The second kappa shape index (κ2) is 7.84. The van der Waals surface area contributed by atoms with Crippen LogP contribution in [0, 0.1) is 6.92 Å². The van der Waals surface area contributed by atoms with Crippen molar-refractivity contribution in [2.24, 2.45) is 0 Å². The van der Waals surface area contributed by atoms with Gasteiger partial charge in [-0.25, -0.2) is 0 Å². The van der Waals surface area contributed by atoms with Gasteiger partial charge in [0.2, 0.25) is 0 Å². The zero-order valence-corrected chi connectivity index (χ0v) is 21.6. The Morgan fingerprint density at radius 3 is 2.27 bits per heavy atom. The maximum Gasteiger partial charge on any atom is -1.00 e. The number of fused-ring (bicyclic) bond motifs is 1. The monoisotopic (exact) mass is 495 g/mol. The molecule has 0 nitrogen and oxygen atoms in total. The summed E-state index contributed by atoms with van der Waals surface area (Å²) in [6.45, 7) is 11.8. The molecule has 2 aliphatic heterocycles. The van der Waals surface area contributed by atoms with Crippen LogP contribution in [0.25, 0.3) is 11.3 Å². The third-order valence-corrected chi connectivity index (χ3v) is 13.1. The van der Waals surface area contributed by atoms with E-state index in [0.29, 0.717) is 0 Å². The summed E-state index contributed by atoms with van der Waals surface area (Å²) in [6, 6.07) is 11.1. The number of aryl methyl sites for hydroxylation is 1. The summed E-state index contributed by atoms with van der Waals surface area (Å²) in [5.74, 6) is 0. The Morgan fingerprint density at radius 2 is 1.69 bits per heavy atom. The van der Waals surface area contributed by atoms with E-state index in [1.165, 1.54) is 21.6 Å². The smallest absolute Gasteiger partial charge is 1.00 e. The van der Waals surface area contributed by atoms with Crippen LogP contribution in [-0.4, -0.2) is 8.07 Å². The summed E-state index contributed by atoms with van der Waals surface area (Å²) >= 11 is 3.63. The summed E-state index contributed by atoms with van der Waals surface area (Å²) in [6.07, 6.45) is 2.30. The summed E-state index contributed by atoms with van der Waals surface area (Å²) in [5, 5.41) is 1.77. The number of benzene rings is 1. The number of hydrogen-bond acceptors (Lipinski definition) is 1. The molecule has 2 aliphatic carbocycles. The molecule has 5 heteroatoms. The minimum atomic E-state index is -0.995. The fraction of sp³-hybridized carbons (Fsp3) is 0.333. The molecule has 4 aliphatic rings. The van der Waals surface area contributed by atoms with Crippen molar-refractivity contribution < 1.29 is 49.5 Å². The summed E-state index contributed by atoms with van der Waals surface area (Å²) < 4.78 is 0.721. The number of thiophene rings is 1. The normalized spacial score (nSPS) is 22.8. The molecule has 0 saturated heterocycles. The van der Waals surface area contributed by atoms with Gasteiger partial charge in [0.1, 0.15) is 0 Å². The quantitative estimate of drug-likeness (QED) is 0.463. The van der Waals surface area contributed by atoms with Crippen molar-refractivity contribution >= 4 is 30.7 Å². The van der Waals surface area contributed by atoms with Gasteiger partial charge in [-0.05, 0) is 25.5 Å². The van der Waals surface area contributed by atoms with Gasteiger partial charge in [-0.2, -0.15) is 0 Å². The second-order valence-corrected chi connectivity index (χ2v) is 15.0. The van der Waals surface area contributed by atoms with Crippen LogP contribution in [0.1, 0.15) is 49.5 Å². The van der Waals surface area contributed by atoms with Crippen LogP contribution in [0.5, 0.6) is 0 Å². The van der Waals surface area contributed by atoms with E-state index in [1.807, 2.05) is 11.3 Å². The van der Waals surface area contributed by atoms with Crippen molar-refractivity contribution in [2.45, 2.75) is 43.0 Å². The first-order valence-corrected chi connectivity index (χ1v) is 13.9. The standard InChI is InChI=1S/C11H14SSi.C10H9.2ClH.Zr/c1-6-5-8-9(12-6)11-7(2)10(8)13(11,3)4;1-8-6-9-4-2-3-5-10(9)7-8;;;/h5,11H,1-4H3;2-7H,1H3;2*1H;/q;;;;+2/p-2. The summed E-state index contributed by atoms with van der Waals surface area (Å²) in [4.78, 5) is 3.19. The van der Waals surface area contributed by atoms with E-state index in [9.17, 15) is 0 Å². The molecule has 0 spiro atoms. The third kappa shape index (κ3) is 3.22. The van der Waals surface area contributed by atoms with Crippen LogP contribution in [0.15, 0.2) is 41.5 Å². The van der Waals surface area contributed by atoms with Gasteiger partial charge in [-0.1, -0.05) is 23.9 Å². The zero-order chi connectivity index (χ0) is 17.2. The van der Waals surface area contributed by atoms with Gasteiger partial charge in [0.05, 0.1) is 8.07 Å². The topological polar surface area (TPSA) is 0 Å². The van der Waals surface area contributed by atoms with Gasteiger partial charge in [0.25, 0.3) is 0 Å². The van der Waals surface area contributed by atoms with Crippen LogP contribution in [0.4, 0.5) is 0 Å². The number of rotatable bonds is 0. The SMILES string of the molecule is CC1=C2c3cc(C)sc3C1[Si]2(C)C.CC1=Cc2ccccc2[CH]1[Zr+2].[Cl-].[Cl-]. The first kappa shape index (κ1) is 22.4. The molecule has 2 aromatic rings. The van der Waals surface area contributed by atoms with E-state index < -0.39 is 8.07 Å². The Kier molecular flexibility index (Phi) is 6.74. The maximum absolute atomic E-state index is 2.52. The van der Waals surface area contributed by atoms with Crippen LogP contribution < -0.4 is 24.8 Å². The van der Waals surface area contributed by atoms with Gasteiger partial charge in [0, 0.05) is 15.3 Å². The molecule has 6 rings (SSSR count). The first-order valence-electron chi connectivity index (χ1n) is 8.62. The molecule has 135 valence electrons. The molecule has 1 aromatic heterocycles. The average Bonchev–Trinajstić information content (AvgIpc) is 3.15. The van der Waals surface area contributed by atoms with Gasteiger partial charge >= 0.3 is 82.3 Å². The number of halogens is 2. The molecule has 0 radical (unpaired) electrons. The number of allylic oxidation sites excluding steroid dienone is 2. The average molecular weight is 498 g/mol. The largest absolute Gasteiger partial charge is 1.00 e. The molecule has 1 aromatic carbocycles. The summed E-state index contributed by atoms with van der Waals surface area (Å²) in [7, 11) is -0.995. The molecule has 0 N–H and O–H groups in total. The number of hydrogen-bond donors (Lipinski definition) is 0. The maximum atomic E-state index is 2.52. The fourth-order valence-corrected chi connectivity index (χ4v) is 12.0. The minimum absolute atomic E-state index is 0. The van der Waals surface area contributed by atoms with Gasteiger partial charge < -0.3 is 24.8 Å². The van der Waals surface area contributed by atoms with Crippen molar-refractivity contribution in [3.8, 4) is 0 Å². The molecule has 0 fully saturated rings.